The zero-order chi connectivity index (χ0) is 34.8. The molecule has 49 heavy (non-hydrogen) atoms. The number of allylic oxidation sites excluding steroid dienone is 8. The van der Waals surface area contributed by atoms with Crippen molar-refractivity contribution >= 4 is 17.5 Å². The molecule has 0 aliphatic heterocycles. The van der Waals surface area contributed by atoms with E-state index in [1.165, 1.54) is 32.1 Å². The van der Waals surface area contributed by atoms with Crippen molar-refractivity contribution in [3.05, 3.63) is 107 Å². The molecule has 4 rings (SSSR count). The Labute approximate surface area is 406 Å². The molecule has 0 unspecified atom stereocenters. The molecule has 3 nitrogen and oxygen atoms in total. The number of nitrogens with one attached hydrogen (secondary N) is 1. The second-order valence-electron chi connectivity index (χ2n) is 7.21. The van der Waals surface area contributed by atoms with E-state index < -0.39 is 0 Å². The van der Waals surface area contributed by atoms with E-state index in [0.29, 0.717) is 0 Å². The van der Waals surface area contributed by atoms with Gasteiger partial charge in [-0.25, -0.2) is 0 Å². The first-order valence-electron chi connectivity index (χ1n) is 16.5. The molecule has 3 aliphatic carbocycles. The van der Waals surface area contributed by atoms with Gasteiger partial charge in [0.1, 0.15) is 5.78 Å². The quantitative estimate of drug-likeness (QED) is 0.298. The molecular weight excluding hydrogens is 1020 g/mol. The van der Waals surface area contributed by atoms with Gasteiger partial charge in [0.2, 0.25) is 0 Å². The summed E-state index contributed by atoms with van der Waals surface area (Å²) in [5.41, 5.74) is 0. The van der Waals surface area contributed by atoms with Crippen LogP contribution in [0, 0.1) is 28.2 Å². The summed E-state index contributed by atoms with van der Waals surface area (Å²) in [7, 11) is 1.83. The van der Waals surface area contributed by atoms with E-state index in [2.05, 4.69) is 79.7 Å². The molecule has 0 saturated heterocycles. The van der Waals surface area contributed by atoms with Crippen molar-refractivity contribution in [1.29, 1.82) is 0 Å². The van der Waals surface area contributed by atoms with E-state index in [0.717, 1.165) is 25.0 Å². The summed E-state index contributed by atoms with van der Waals surface area (Å²) in [5.74, 6) is 1.28. The minimum Gasteiger partial charge on any atom is -0.358 e. The van der Waals surface area contributed by atoms with Crippen molar-refractivity contribution in [2.45, 2.75) is 134 Å². The van der Waals surface area contributed by atoms with Gasteiger partial charge in [0, 0.05) is 132 Å². The van der Waals surface area contributed by atoms with Gasteiger partial charge in [0.25, 0.3) is 0 Å². The third-order valence-electron chi connectivity index (χ3n) is 4.58. The van der Waals surface area contributed by atoms with Gasteiger partial charge in [0.15, 0.2) is 0 Å². The Kier molecular flexibility index (Phi) is 199. The SMILES string of the molecule is C.C1=CCC=C1.C1=CCC=C1.C1CCCC1.CC.CC.CC.CN[C@@H](CCSC)C(C)=O.[CH2-]C.[CH2-]C.[CH2-]C.[CH3-].[W].[Y].[Y].[Y].c1ccncc1. The first kappa shape index (κ1) is 88.4. The van der Waals surface area contributed by atoms with Crippen LogP contribution in [0.25, 0.3) is 0 Å². The maximum atomic E-state index is 10.8. The molecule has 0 aromatic carbocycles. The van der Waals surface area contributed by atoms with Gasteiger partial charge in [-0.3, -0.25) is 9.78 Å². The predicted octanol–water partition coefficient (Wildman–Crippen LogP) is 13.6. The topological polar surface area (TPSA) is 42.0 Å². The average molecular weight is 1100 g/mol. The molecule has 1 aromatic rings. The summed E-state index contributed by atoms with van der Waals surface area (Å²) < 4.78 is 0. The van der Waals surface area contributed by atoms with Gasteiger partial charge in [-0.05, 0) is 57.4 Å². The van der Waals surface area contributed by atoms with Crippen molar-refractivity contribution in [3.63, 3.8) is 0 Å². The van der Waals surface area contributed by atoms with Crippen LogP contribution in [0.4, 0.5) is 0 Å². The number of rotatable bonds is 5. The minimum absolute atomic E-state index is 0. The Balaban J connectivity index is -0.0000000275. The molecule has 1 atom stereocenters. The molecule has 3 aliphatic rings. The van der Waals surface area contributed by atoms with Crippen LogP contribution in [0.5, 0.6) is 0 Å². The number of pyridine rings is 1. The van der Waals surface area contributed by atoms with E-state index in [1.807, 2.05) is 73.0 Å². The number of ketones is 1. The van der Waals surface area contributed by atoms with Gasteiger partial charge >= 0.3 is 0 Å². The van der Waals surface area contributed by atoms with Crippen LogP contribution in [-0.4, -0.2) is 35.9 Å². The Hall–Kier alpha value is 2.09. The first-order chi connectivity index (χ1) is 21.2. The van der Waals surface area contributed by atoms with Crippen LogP contribution in [0.15, 0.2) is 79.2 Å². The molecule has 1 fully saturated rings. The summed E-state index contributed by atoms with van der Waals surface area (Å²) in [6.45, 7) is 28.6. The predicted molar refractivity (Wildman–Crippen MR) is 220 cm³/mol. The van der Waals surface area contributed by atoms with Gasteiger partial charge in [-0.1, -0.05) is 136 Å². The molecule has 1 saturated carbocycles. The van der Waals surface area contributed by atoms with Gasteiger partial charge in [0.05, 0.1) is 6.04 Å². The monoisotopic (exact) mass is 1100 g/mol. The number of carbonyl (C=O) groups is 1. The van der Waals surface area contributed by atoms with E-state index in [4.69, 9.17) is 0 Å². The second kappa shape index (κ2) is 110. The van der Waals surface area contributed by atoms with Gasteiger partial charge < -0.3 is 33.5 Å². The third-order valence-corrected chi connectivity index (χ3v) is 5.22. The van der Waals surface area contributed by atoms with Crippen LogP contribution in [-0.2, 0) is 124 Å². The molecule has 0 amide bonds. The number of Topliss-reactive ketones (excluding diaryl/α,β-unsaturated/α-hetero) is 1. The van der Waals surface area contributed by atoms with E-state index in [9.17, 15) is 4.79 Å². The van der Waals surface area contributed by atoms with Crippen LogP contribution in [0.3, 0.4) is 0 Å². The minimum atomic E-state index is 0. The number of carbonyl (C=O) groups excluding carboxylic acids is 1. The zero-order valence-corrected chi connectivity index (χ0v) is 46.2. The van der Waals surface area contributed by atoms with Crippen LogP contribution >= 0.6 is 11.8 Å². The summed E-state index contributed by atoms with van der Waals surface area (Å²) in [6, 6.07) is 5.78. The van der Waals surface area contributed by atoms with Gasteiger partial charge in [-0.15, -0.1) is 0 Å². The zero-order valence-electron chi connectivity index (χ0n) is 34.0. The largest absolute Gasteiger partial charge is 0.358 e. The smallest absolute Gasteiger partial charge is 0.146 e. The maximum absolute atomic E-state index is 10.8. The summed E-state index contributed by atoms with van der Waals surface area (Å²) in [6.07, 6.45) is 33.0. The van der Waals surface area contributed by atoms with Crippen LogP contribution < -0.4 is 5.32 Å². The van der Waals surface area contributed by atoms with Crippen LogP contribution in [0.2, 0.25) is 0 Å². The fourth-order valence-corrected chi connectivity index (χ4v) is 3.24. The summed E-state index contributed by atoms with van der Waals surface area (Å²) >= 11 is 1.77. The number of hydrogen-bond donors (Lipinski definition) is 1. The van der Waals surface area contributed by atoms with Crippen molar-refractivity contribution < 1.29 is 124 Å². The second-order valence-corrected chi connectivity index (χ2v) is 8.20. The molecule has 1 N–H and O–H groups in total. The van der Waals surface area contributed by atoms with Gasteiger partial charge in [-0.2, -0.15) is 32.5 Å². The average Bonchev–Trinajstić information content (AvgIpc) is 3.96. The first-order valence-corrected chi connectivity index (χ1v) is 17.9. The third kappa shape index (κ3) is 106. The molecule has 287 valence electrons. The summed E-state index contributed by atoms with van der Waals surface area (Å²) in [4.78, 5) is 14.6. The number of thioether (sulfide) groups is 1. The van der Waals surface area contributed by atoms with Crippen molar-refractivity contribution in [3.8, 4) is 0 Å². The van der Waals surface area contributed by atoms with E-state index >= 15 is 0 Å². The number of aromatic nitrogens is 1. The molecular formula is C41H82N2OSWY3-4. The van der Waals surface area contributed by atoms with E-state index in [-0.39, 0.29) is 146 Å². The van der Waals surface area contributed by atoms with E-state index in [1.54, 1.807) is 51.9 Å². The van der Waals surface area contributed by atoms with Crippen LogP contribution in [0.1, 0.15) is 128 Å². The maximum Gasteiger partial charge on any atom is 0.146 e. The van der Waals surface area contributed by atoms with Crippen molar-refractivity contribution in [2.75, 3.05) is 19.1 Å². The molecule has 0 bridgehead atoms. The molecule has 1 aromatic heterocycles. The fraction of sp³-hybridized carbons (Fsp3) is 0.561. The number of likely N-dealkylation sites (N-methyl/N-ethyl adjacent to an activating group) is 1. The molecule has 1 heterocycles. The van der Waals surface area contributed by atoms with Crippen molar-refractivity contribution in [1.82, 2.24) is 10.3 Å². The Morgan fingerprint density at radius 2 is 0.980 bits per heavy atom. The Morgan fingerprint density at radius 1 is 0.694 bits per heavy atom. The Bertz CT molecular complexity index is 569. The number of nitrogens with zero attached hydrogens (tertiary/aromatic N) is 1. The van der Waals surface area contributed by atoms with Crippen molar-refractivity contribution in [2.24, 2.45) is 0 Å². The fourth-order valence-electron chi connectivity index (χ4n) is 2.77. The number of hydrogen-bond acceptors (Lipinski definition) is 4. The normalized spacial score (nSPS) is 10.4. The molecule has 3 radical (unpaired) electrons. The molecule has 0 spiro atoms. The standard InChI is InChI=1S/C7H15NOS.C5H5N.C5H10.2C5H6.3C2H6.3C2H5.CH4.CH3.W.3Y/c1-6(9)7(8-2)4-5-10-3;1-2-4-6-5-3-1;3*1-2-4-5-3-1;6*1-2;;;;;;/h7-8H,4-5H2,1-3H3;1-5H;1-5H2;2*1-4H,5H2;3*1-2H3;3*1H2,2H3;1H4;1H3;;;;/q;;;;;;;;3*-1;;-1;;;;/t7-;;;;;;;;;;;;;;;;/m0................/s1. The Morgan fingerprint density at radius 3 is 1.10 bits per heavy atom. The molecule has 8 heteroatoms. The summed E-state index contributed by atoms with van der Waals surface area (Å²) in [5, 5.41) is 2.97.